The van der Waals surface area contributed by atoms with Crippen molar-refractivity contribution < 1.29 is 13.9 Å². The summed E-state index contributed by atoms with van der Waals surface area (Å²) in [5.74, 6) is 1.45. The number of hydrogen-bond donors (Lipinski definition) is 1. The van der Waals surface area contributed by atoms with Crippen LogP contribution in [0, 0.1) is 0 Å². The van der Waals surface area contributed by atoms with E-state index < -0.39 is 0 Å². The van der Waals surface area contributed by atoms with Gasteiger partial charge < -0.3 is 19.4 Å². The largest absolute Gasteiger partial charge is 0.440 e. The van der Waals surface area contributed by atoms with Crippen LogP contribution in [0.15, 0.2) is 22.6 Å². The maximum absolute atomic E-state index is 12.4. The molecule has 1 N–H and O–H groups in total. The van der Waals surface area contributed by atoms with Gasteiger partial charge in [0, 0.05) is 24.7 Å². The smallest absolute Gasteiger partial charge is 0.244 e. The third-order valence-corrected chi connectivity index (χ3v) is 4.41. The second kappa shape index (κ2) is 5.85. The van der Waals surface area contributed by atoms with Crippen molar-refractivity contribution in [2.75, 3.05) is 31.6 Å². The molecule has 1 aliphatic heterocycles. The minimum absolute atomic E-state index is 0.104. The quantitative estimate of drug-likeness (QED) is 0.938. The van der Waals surface area contributed by atoms with Gasteiger partial charge in [0.05, 0.1) is 13.2 Å². The first-order chi connectivity index (χ1) is 11.2. The van der Waals surface area contributed by atoms with Crippen molar-refractivity contribution in [1.82, 2.24) is 9.88 Å². The van der Waals surface area contributed by atoms with E-state index >= 15 is 0 Å². The topological polar surface area (TPSA) is 67.6 Å². The normalized spacial score (nSPS) is 19.8. The number of fused-ring (bicyclic) bond motifs is 1. The van der Waals surface area contributed by atoms with Gasteiger partial charge in [-0.2, -0.15) is 0 Å². The molecule has 1 atom stereocenters. The molecule has 23 heavy (non-hydrogen) atoms. The highest BCUT2D eigenvalue weighted by molar-refractivity contribution is 5.85. The molecule has 6 heteroatoms. The van der Waals surface area contributed by atoms with Gasteiger partial charge in [0.15, 0.2) is 11.5 Å². The molecule has 1 amide bonds. The minimum atomic E-state index is -0.277. The summed E-state index contributed by atoms with van der Waals surface area (Å²) in [5.41, 5.74) is 2.55. The van der Waals surface area contributed by atoms with E-state index in [9.17, 15) is 4.79 Å². The monoisotopic (exact) mass is 315 g/mol. The van der Waals surface area contributed by atoms with E-state index in [1.165, 1.54) is 12.8 Å². The van der Waals surface area contributed by atoms with E-state index in [1.807, 2.05) is 30.0 Å². The van der Waals surface area contributed by atoms with Crippen molar-refractivity contribution >= 4 is 22.7 Å². The molecule has 0 unspecified atom stereocenters. The molecule has 1 aromatic heterocycles. The predicted octanol–water partition coefficient (Wildman–Crippen LogP) is 2.36. The van der Waals surface area contributed by atoms with E-state index in [4.69, 9.17) is 9.15 Å². The van der Waals surface area contributed by atoms with Crippen LogP contribution in [-0.4, -0.2) is 48.1 Å². The number of morpholine rings is 1. The number of anilines is 1. The van der Waals surface area contributed by atoms with Crippen LogP contribution < -0.4 is 5.32 Å². The number of nitrogens with zero attached hydrogens (tertiary/aromatic N) is 2. The van der Waals surface area contributed by atoms with Crippen LogP contribution in [0.3, 0.4) is 0 Å². The third kappa shape index (κ3) is 3.03. The lowest BCUT2D eigenvalue weighted by Crippen LogP contribution is -2.46. The number of aromatic nitrogens is 1. The van der Waals surface area contributed by atoms with E-state index in [0.717, 1.165) is 22.7 Å². The molecule has 2 aromatic rings. The Kier molecular flexibility index (Phi) is 3.69. The lowest BCUT2D eigenvalue weighted by atomic mass is 10.2. The predicted molar refractivity (Wildman–Crippen MR) is 86.5 cm³/mol. The van der Waals surface area contributed by atoms with Crippen molar-refractivity contribution in [2.45, 2.75) is 31.7 Å². The lowest BCUT2D eigenvalue weighted by molar-refractivity contribution is -0.135. The Balaban J connectivity index is 1.46. The molecule has 2 aliphatic rings. The number of carbonyl (C=O) groups excluding carboxylic acids is 1. The maximum atomic E-state index is 12.4. The Hall–Kier alpha value is -2.08. The summed E-state index contributed by atoms with van der Waals surface area (Å²) in [5, 5.41) is 3.27. The molecular formula is C17H21N3O3. The van der Waals surface area contributed by atoms with Crippen molar-refractivity contribution in [3.63, 3.8) is 0 Å². The number of oxazole rings is 1. The summed E-state index contributed by atoms with van der Waals surface area (Å²) in [4.78, 5) is 18.8. The third-order valence-electron chi connectivity index (χ3n) is 4.41. The Morgan fingerprint density at radius 3 is 2.87 bits per heavy atom. The number of ether oxygens (including phenoxy) is 1. The van der Waals surface area contributed by atoms with Crippen molar-refractivity contribution in [2.24, 2.45) is 0 Å². The van der Waals surface area contributed by atoms with Gasteiger partial charge in [-0.3, -0.25) is 4.79 Å². The van der Waals surface area contributed by atoms with Crippen LogP contribution in [0.2, 0.25) is 0 Å². The zero-order valence-electron chi connectivity index (χ0n) is 13.2. The average Bonchev–Trinajstić information content (AvgIpc) is 3.34. The first-order valence-electron chi connectivity index (χ1n) is 8.24. The molecule has 4 rings (SSSR count). The summed E-state index contributed by atoms with van der Waals surface area (Å²) in [6.45, 7) is 4.46. The number of rotatable bonds is 4. The first kappa shape index (κ1) is 14.5. The van der Waals surface area contributed by atoms with Crippen molar-refractivity contribution in [1.29, 1.82) is 0 Å². The number of hydrogen-bond acceptors (Lipinski definition) is 5. The highest BCUT2D eigenvalue weighted by atomic mass is 16.5. The van der Waals surface area contributed by atoms with E-state index in [0.29, 0.717) is 32.2 Å². The number of nitrogens with one attached hydrogen (secondary N) is 1. The fraction of sp³-hybridized carbons (Fsp3) is 0.529. The molecule has 2 heterocycles. The minimum Gasteiger partial charge on any atom is -0.440 e. The lowest BCUT2D eigenvalue weighted by Gasteiger charge is -2.29. The summed E-state index contributed by atoms with van der Waals surface area (Å²) in [6, 6.07) is 5.53. The molecule has 0 spiro atoms. The highest BCUT2D eigenvalue weighted by Crippen LogP contribution is 2.40. The Morgan fingerprint density at radius 2 is 2.13 bits per heavy atom. The Labute approximate surface area is 134 Å². The van der Waals surface area contributed by atoms with Crippen LogP contribution in [0.5, 0.6) is 0 Å². The first-order valence-corrected chi connectivity index (χ1v) is 8.24. The fourth-order valence-electron chi connectivity index (χ4n) is 2.91. The highest BCUT2D eigenvalue weighted by Gasteiger charge is 2.29. The van der Waals surface area contributed by atoms with Crippen molar-refractivity contribution in [3.05, 3.63) is 24.1 Å². The van der Waals surface area contributed by atoms with Gasteiger partial charge in [-0.05, 0) is 38.0 Å². The molecule has 1 saturated carbocycles. The molecule has 2 fully saturated rings. The molecule has 1 aliphatic carbocycles. The molecule has 1 saturated heterocycles. The zero-order chi connectivity index (χ0) is 15.8. The Morgan fingerprint density at radius 1 is 1.35 bits per heavy atom. The summed E-state index contributed by atoms with van der Waals surface area (Å²) in [7, 11) is 0. The van der Waals surface area contributed by atoms with Crippen LogP contribution in [0.25, 0.3) is 11.1 Å². The van der Waals surface area contributed by atoms with Gasteiger partial charge in [0.1, 0.15) is 11.6 Å². The van der Waals surface area contributed by atoms with Gasteiger partial charge in [-0.15, -0.1) is 0 Å². The van der Waals surface area contributed by atoms with Crippen LogP contribution >= 0.6 is 0 Å². The van der Waals surface area contributed by atoms with Crippen LogP contribution in [0.1, 0.15) is 31.6 Å². The number of amides is 1. The summed E-state index contributed by atoms with van der Waals surface area (Å²) >= 11 is 0. The van der Waals surface area contributed by atoms with E-state index in [2.05, 4.69) is 10.3 Å². The summed E-state index contributed by atoms with van der Waals surface area (Å²) in [6.07, 6.45) is 2.34. The molecule has 6 nitrogen and oxygen atoms in total. The average molecular weight is 315 g/mol. The van der Waals surface area contributed by atoms with Crippen LogP contribution in [0.4, 0.5) is 5.69 Å². The zero-order valence-corrected chi connectivity index (χ0v) is 13.2. The molecule has 1 aromatic carbocycles. The molecular weight excluding hydrogens is 294 g/mol. The van der Waals surface area contributed by atoms with Gasteiger partial charge in [0.2, 0.25) is 5.91 Å². The fourth-order valence-corrected chi connectivity index (χ4v) is 2.91. The van der Waals surface area contributed by atoms with Gasteiger partial charge in [-0.25, -0.2) is 4.98 Å². The number of benzene rings is 1. The van der Waals surface area contributed by atoms with Crippen LogP contribution in [-0.2, 0) is 9.53 Å². The van der Waals surface area contributed by atoms with E-state index in [-0.39, 0.29) is 11.9 Å². The second-order valence-electron chi connectivity index (χ2n) is 6.31. The van der Waals surface area contributed by atoms with Gasteiger partial charge in [0.25, 0.3) is 0 Å². The second-order valence-corrected chi connectivity index (χ2v) is 6.31. The maximum Gasteiger partial charge on any atom is 0.244 e. The van der Waals surface area contributed by atoms with Gasteiger partial charge >= 0.3 is 0 Å². The summed E-state index contributed by atoms with van der Waals surface area (Å²) < 4.78 is 11.1. The van der Waals surface area contributed by atoms with Crippen molar-refractivity contribution in [3.8, 4) is 0 Å². The molecule has 0 radical (unpaired) electrons. The van der Waals surface area contributed by atoms with E-state index in [1.54, 1.807) is 0 Å². The van der Waals surface area contributed by atoms with Gasteiger partial charge in [-0.1, -0.05) is 0 Å². The Bertz CT molecular complexity index is 717. The molecule has 0 bridgehead atoms. The number of carbonyl (C=O) groups is 1. The standard InChI is InChI=1S/C17H21N3O3/c1-11(17(21)20-6-8-22-9-7-20)18-13-4-5-15-14(10-13)19-16(23-15)12-2-3-12/h4-5,10-12,18H,2-3,6-9H2,1H3/t11-/m1/s1. The molecule has 122 valence electrons. The SMILES string of the molecule is C[C@@H](Nc1ccc2oc(C3CC3)nc2c1)C(=O)N1CCOCC1.